The molecule has 0 fully saturated rings. The van der Waals surface area contributed by atoms with Crippen molar-refractivity contribution in [3.8, 4) is 0 Å². The average Bonchev–Trinajstić information content (AvgIpc) is 3.01. The van der Waals surface area contributed by atoms with Crippen molar-refractivity contribution < 1.29 is 9.59 Å². The molecule has 0 aromatic heterocycles. The van der Waals surface area contributed by atoms with Crippen molar-refractivity contribution in [1.29, 1.82) is 0 Å². The maximum Gasteiger partial charge on any atom is 0.326 e. The first-order chi connectivity index (χ1) is 20.5. The van der Waals surface area contributed by atoms with E-state index in [1.54, 1.807) is 11.8 Å². The Kier molecular flexibility index (Phi) is 8.22. The van der Waals surface area contributed by atoms with Crippen LogP contribution in [0.1, 0.15) is 21.9 Å². The van der Waals surface area contributed by atoms with E-state index in [0.29, 0.717) is 5.69 Å². The van der Waals surface area contributed by atoms with E-state index in [1.807, 2.05) is 122 Å². The van der Waals surface area contributed by atoms with Crippen molar-refractivity contribution in [2.24, 2.45) is 0 Å². The van der Waals surface area contributed by atoms with Gasteiger partial charge in [0.2, 0.25) is 5.91 Å². The van der Waals surface area contributed by atoms with Crippen LogP contribution in [-0.4, -0.2) is 23.2 Å². The van der Waals surface area contributed by atoms with Crippen LogP contribution in [0.5, 0.6) is 0 Å². The van der Waals surface area contributed by atoms with E-state index in [2.05, 4.69) is 28.9 Å². The largest absolute Gasteiger partial charge is 0.326 e. The SMILES string of the molecule is Cc1cccc(C)c1NC(=O)C(Sc1cccc(NC(=O)N2c3ccccc3SC3C=CC=CC32)c1)c1ccccc1. The number of carbonyl (C=O) groups excluding carboxylic acids is 2. The third kappa shape index (κ3) is 5.89. The third-order valence-corrected chi connectivity index (χ3v) is 9.93. The summed E-state index contributed by atoms with van der Waals surface area (Å²) in [7, 11) is 0. The Morgan fingerprint density at radius 3 is 2.33 bits per heavy atom. The summed E-state index contributed by atoms with van der Waals surface area (Å²) >= 11 is 3.24. The van der Waals surface area contributed by atoms with Gasteiger partial charge >= 0.3 is 6.03 Å². The van der Waals surface area contributed by atoms with E-state index >= 15 is 0 Å². The molecular weight excluding hydrogens is 559 g/mol. The first-order valence-electron chi connectivity index (χ1n) is 13.9. The molecule has 0 saturated heterocycles. The molecule has 0 spiro atoms. The summed E-state index contributed by atoms with van der Waals surface area (Å²) in [5.41, 5.74) is 5.37. The van der Waals surface area contributed by atoms with Crippen LogP contribution >= 0.6 is 23.5 Å². The monoisotopic (exact) mass is 589 g/mol. The van der Waals surface area contributed by atoms with Crippen LogP contribution in [0, 0.1) is 13.8 Å². The Morgan fingerprint density at radius 2 is 1.52 bits per heavy atom. The molecule has 0 radical (unpaired) electrons. The lowest BCUT2D eigenvalue weighted by molar-refractivity contribution is -0.115. The van der Waals surface area contributed by atoms with Crippen molar-refractivity contribution in [3.63, 3.8) is 0 Å². The van der Waals surface area contributed by atoms with Gasteiger partial charge in [-0.15, -0.1) is 23.5 Å². The van der Waals surface area contributed by atoms with Gasteiger partial charge in [-0.2, -0.15) is 0 Å². The molecule has 6 rings (SSSR count). The molecule has 1 heterocycles. The number of nitrogens with zero attached hydrogens (tertiary/aromatic N) is 1. The number of fused-ring (bicyclic) bond motifs is 2. The van der Waals surface area contributed by atoms with Gasteiger partial charge in [0.25, 0.3) is 0 Å². The Bertz CT molecular complexity index is 1660. The van der Waals surface area contributed by atoms with Crippen molar-refractivity contribution in [3.05, 3.63) is 138 Å². The summed E-state index contributed by atoms with van der Waals surface area (Å²) in [6.45, 7) is 4.00. The van der Waals surface area contributed by atoms with Crippen LogP contribution in [0.15, 0.2) is 131 Å². The number of carbonyl (C=O) groups is 2. The highest BCUT2D eigenvalue weighted by atomic mass is 32.2. The first-order valence-corrected chi connectivity index (χ1v) is 15.6. The molecular formula is C35H31N3O2S2. The number of para-hydroxylation sites is 2. The summed E-state index contributed by atoms with van der Waals surface area (Å²) in [6, 6.07) is 31.2. The maximum atomic E-state index is 13.8. The number of anilines is 3. The molecule has 3 amide bonds. The Labute approximate surface area is 255 Å². The second-order valence-electron chi connectivity index (χ2n) is 10.3. The topological polar surface area (TPSA) is 61.4 Å². The molecule has 2 aliphatic rings. The molecule has 1 aliphatic heterocycles. The van der Waals surface area contributed by atoms with Crippen LogP contribution in [0.4, 0.5) is 21.9 Å². The summed E-state index contributed by atoms with van der Waals surface area (Å²) in [5.74, 6) is -0.0938. The van der Waals surface area contributed by atoms with E-state index in [4.69, 9.17) is 0 Å². The fourth-order valence-corrected chi connectivity index (χ4v) is 7.64. The molecule has 1 aliphatic carbocycles. The number of aryl methyl sites for hydroxylation is 2. The summed E-state index contributed by atoms with van der Waals surface area (Å²) < 4.78 is 0. The molecule has 3 atom stereocenters. The van der Waals surface area contributed by atoms with Crippen molar-refractivity contribution in [2.45, 2.75) is 40.2 Å². The molecule has 2 N–H and O–H groups in total. The zero-order chi connectivity index (χ0) is 29.1. The number of nitrogens with one attached hydrogen (secondary N) is 2. The number of hydrogen-bond acceptors (Lipinski definition) is 4. The van der Waals surface area contributed by atoms with Gasteiger partial charge in [0.1, 0.15) is 5.25 Å². The lowest BCUT2D eigenvalue weighted by Crippen LogP contribution is -2.49. The Morgan fingerprint density at radius 1 is 0.810 bits per heavy atom. The summed E-state index contributed by atoms with van der Waals surface area (Å²) in [5, 5.41) is 5.97. The number of amides is 3. The number of benzene rings is 4. The summed E-state index contributed by atoms with van der Waals surface area (Å²) in [6.07, 6.45) is 8.27. The number of allylic oxidation sites excluding steroid dienone is 2. The average molecular weight is 590 g/mol. The number of thioether (sulfide) groups is 2. The number of rotatable bonds is 6. The molecule has 4 aromatic carbocycles. The van der Waals surface area contributed by atoms with Gasteiger partial charge in [0, 0.05) is 21.2 Å². The van der Waals surface area contributed by atoms with Crippen LogP contribution in [-0.2, 0) is 4.79 Å². The quantitative estimate of drug-likeness (QED) is 0.221. The van der Waals surface area contributed by atoms with Gasteiger partial charge < -0.3 is 10.6 Å². The third-order valence-electron chi connectivity index (χ3n) is 7.37. The molecule has 5 nitrogen and oxygen atoms in total. The van der Waals surface area contributed by atoms with Crippen LogP contribution in [0.2, 0.25) is 0 Å². The van der Waals surface area contributed by atoms with E-state index in [0.717, 1.165) is 37.9 Å². The van der Waals surface area contributed by atoms with Crippen LogP contribution in [0.25, 0.3) is 0 Å². The first kappa shape index (κ1) is 27.9. The van der Waals surface area contributed by atoms with E-state index in [-0.39, 0.29) is 23.2 Å². The maximum absolute atomic E-state index is 13.8. The van der Waals surface area contributed by atoms with Crippen LogP contribution < -0.4 is 15.5 Å². The highest BCUT2D eigenvalue weighted by molar-refractivity contribution is 8.00. The van der Waals surface area contributed by atoms with Gasteiger partial charge in [0.15, 0.2) is 0 Å². The fourth-order valence-electron chi connectivity index (χ4n) is 5.29. The highest BCUT2D eigenvalue weighted by Gasteiger charge is 2.36. The van der Waals surface area contributed by atoms with Crippen molar-refractivity contribution >= 4 is 52.5 Å². The number of urea groups is 1. The zero-order valence-electron chi connectivity index (χ0n) is 23.4. The van der Waals surface area contributed by atoms with Gasteiger partial charge in [-0.05, 0) is 60.9 Å². The second-order valence-corrected chi connectivity index (χ2v) is 12.7. The van der Waals surface area contributed by atoms with Gasteiger partial charge in [0.05, 0.1) is 17.0 Å². The Balaban J connectivity index is 1.25. The van der Waals surface area contributed by atoms with Crippen LogP contribution in [0.3, 0.4) is 0 Å². The zero-order valence-corrected chi connectivity index (χ0v) is 25.0. The molecule has 0 saturated carbocycles. The molecule has 0 bridgehead atoms. The van der Waals surface area contributed by atoms with Crippen molar-refractivity contribution in [1.82, 2.24) is 0 Å². The highest BCUT2D eigenvalue weighted by Crippen LogP contribution is 2.44. The molecule has 42 heavy (non-hydrogen) atoms. The lowest BCUT2D eigenvalue weighted by atomic mass is 10.1. The van der Waals surface area contributed by atoms with Crippen molar-refractivity contribution in [2.75, 3.05) is 15.5 Å². The molecule has 3 unspecified atom stereocenters. The predicted octanol–water partition coefficient (Wildman–Crippen LogP) is 8.78. The van der Waals surface area contributed by atoms with Gasteiger partial charge in [-0.3, -0.25) is 9.69 Å². The lowest BCUT2D eigenvalue weighted by Gasteiger charge is -2.40. The normalized spacial score (nSPS) is 17.6. The minimum absolute atomic E-state index is 0.0801. The standard InChI is InChI=1S/C35H31N3O2S2/c1-23-12-10-13-24(2)32(23)37-34(39)33(25-14-4-3-5-15-25)41-27-17-11-16-26(22-27)36-35(40)38-28-18-6-8-20-30(28)42-31-21-9-7-19-29(31)38/h3-22,28,30,33H,1-2H3,(H,36,40)(H,37,39). The molecule has 7 heteroatoms. The Hall–Kier alpha value is -4.20. The smallest absolute Gasteiger partial charge is 0.324 e. The summed E-state index contributed by atoms with van der Waals surface area (Å²) in [4.78, 5) is 31.3. The van der Waals surface area contributed by atoms with E-state index in [9.17, 15) is 9.59 Å². The minimum atomic E-state index is -0.484. The minimum Gasteiger partial charge on any atom is -0.324 e. The van der Waals surface area contributed by atoms with E-state index < -0.39 is 5.25 Å². The predicted molar refractivity (Wildman–Crippen MR) is 176 cm³/mol. The van der Waals surface area contributed by atoms with E-state index in [1.165, 1.54) is 11.8 Å². The van der Waals surface area contributed by atoms with Gasteiger partial charge in [-0.25, -0.2) is 4.79 Å². The second kappa shape index (κ2) is 12.3. The fraction of sp³-hybridized carbons (Fsp3) is 0.143. The molecule has 4 aromatic rings. The molecule has 210 valence electrons. The number of hydrogen-bond donors (Lipinski definition) is 2. The van der Waals surface area contributed by atoms with Gasteiger partial charge in [-0.1, -0.05) is 91.0 Å².